The molecule has 0 aliphatic carbocycles. The van der Waals surface area contributed by atoms with Crippen LogP contribution in [0.4, 0.5) is 5.69 Å². The number of hydrogen-bond donors (Lipinski definition) is 0. The van der Waals surface area contributed by atoms with Crippen molar-refractivity contribution in [3.8, 4) is 5.75 Å². The van der Waals surface area contributed by atoms with Gasteiger partial charge in [-0.1, -0.05) is 42.5 Å². The molecule has 3 aromatic carbocycles. The molecular weight excluding hydrogens is 382 g/mol. The van der Waals surface area contributed by atoms with Crippen LogP contribution in [0.2, 0.25) is 0 Å². The number of thioether (sulfide) groups is 1. The number of amides is 1. The predicted molar refractivity (Wildman–Crippen MR) is 116 cm³/mol. The Morgan fingerprint density at radius 2 is 1.66 bits per heavy atom. The number of carbonyl (C=O) groups is 2. The van der Waals surface area contributed by atoms with E-state index in [1.54, 1.807) is 36.0 Å². The second-order valence-corrected chi connectivity index (χ2v) is 7.90. The highest BCUT2D eigenvalue weighted by Gasteiger charge is 2.32. The Bertz CT molecular complexity index is 1020. The van der Waals surface area contributed by atoms with Crippen molar-refractivity contribution in [3.05, 3.63) is 90.0 Å². The van der Waals surface area contributed by atoms with Crippen LogP contribution in [0.15, 0.2) is 83.8 Å². The average molecular weight is 404 g/mol. The fourth-order valence-corrected chi connectivity index (χ4v) is 4.59. The van der Waals surface area contributed by atoms with Crippen LogP contribution in [0.1, 0.15) is 28.9 Å². The number of ketones is 1. The number of Topliss-reactive ketones (excluding diaryl/α,β-unsaturated/α-hetero) is 1. The van der Waals surface area contributed by atoms with Crippen molar-refractivity contribution in [3.63, 3.8) is 0 Å². The number of rotatable bonds is 5. The van der Waals surface area contributed by atoms with E-state index in [0.29, 0.717) is 11.3 Å². The number of benzene rings is 3. The summed E-state index contributed by atoms with van der Waals surface area (Å²) < 4.78 is 5.75. The number of para-hydroxylation sites is 1. The molecule has 4 rings (SSSR count). The molecule has 0 saturated carbocycles. The monoisotopic (exact) mass is 403 g/mol. The lowest BCUT2D eigenvalue weighted by molar-refractivity contribution is -0.121. The molecule has 146 valence electrons. The summed E-state index contributed by atoms with van der Waals surface area (Å²) in [6.07, 6.45) is 0. The SMILES string of the molecule is CC(=O)c1ccc(OCC(=O)N2c3ccccc3SC[C@H]2c2ccccc2)cc1. The third kappa shape index (κ3) is 4.20. The molecule has 3 aromatic rings. The maximum atomic E-state index is 13.2. The van der Waals surface area contributed by atoms with Crippen LogP contribution in [0.5, 0.6) is 5.75 Å². The molecule has 1 atom stereocenters. The highest BCUT2D eigenvalue weighted by atomic mass is 32.2. The first kappa shape index (κ1) is 19.3. The van der Waals surface area contributed by atoms with Crippen molar-refractivity contribution >= 4 is 29.1 Å². The first-order valence-electron chi connectivity index (χ1n) is 9.46. The minimum atomic E-state index is -0.0951. The van der Waals surface area contributed by atoms with Crippen molar-refractivity contribution < 1.29 is 14.3 Å². The van der Waals surface area contributed by atoms with Crippen molar-refractivity contribution in [2.24, 2.45) is 0 Å². The van der Waals surface area contributed by atoms with Crippen LogP contribution in [0, 0.1) is 0 Å². The van der Waals surface area contributed by atoms with Gasteiger partial charge in [-0.05, 0) is 48.9 Å². The van der Waals surface area contributed by atoms with Gasteiger partial charge < -0.3 is 4.74 Å². The van der Waals surface area contributed by atoms with Gasteiger partial charge in [-0.15, -0.1) is 11.8 Å². The van der Waals surface area contributed by atoms with E-state index >= 15 is 0 Å². The maximum absolute atomic E-state index is 13.2. The smallest absolute Gasteiger partial charge is 0.265 e. The average Bonchev–Trinajstić information content (AvgIpc) is 2.77. The molecule has 4 nitrogen and oxygen atoms in total. The Labute approximate surface area is 174 Å². The van der Waals surface area contributed by atoms with Gasteiger partial charge in [0.2, 0.25) is 0 Å². The van der Waals surface area contributed by atoms with E-state index in [1.165, 1.54) is 6.92 Å². The van der Waals surface area contributed by atoms with Crippen LogP contribution in [0.25, 0.3) is 0 Å². The lowest BCUT2D eigenvalue weighted by atomic mass is 10.1. The normalized spacial score (nSPS) is 15.5. The van der Waals surface area contributed by atoms with Crippen LogP contribution < -0.4 is 9.64 Å². The van der Waals surface area contributed by atoms with Crippen molar-refractivity contribution in [2.45, 2.75) is 17.9 Å². The molecule has 1 aliphatic heterocycles. The number of anilines is 1. The fraction of sp³-hybridized carbons (Fsp3) is 0.167. The Balaban J connectivity index is 1.57. The zero-order valence-corrected chi connectivity index (χ0v) is 16.9. The van der Waals surface area contributed by atoms with Crippen molar-refractivity contribution in [1.29, 1.82) is 0 Å². The molecule has 0 unspecified atom stereocenters. The van der Waals surface area contributed by atoms with Gasteiger partial charge in [0, 0.05) is 16.2 Å². The van der Waals surface area contributed by atoms with Gasteiger partial charge in [0.15, 0.2) is 12.4 Å². The molecule has 29 heavy (non-hydrogen) atoms. The molecule has 0 saturated heterocycles. The number of hydrogen-bond acceptors (Lipinski definition) is 4. The summed E-state index contributed by atoms with van der Waals surface area (Å²) in [6.45, 7) is 1.46. The Morgan fingerprint density at radius 3 is 2.38 bits per heavy atom. The molecule has 1 amide bonds. The van der Waals surface area contributed by atoms with Crippen LogP contribution >= 0.6 is 11.8 Å². The fourth-order valence-electron chi connectivity index (χ4n) is 3.42. The first-order chi connectivity index (χ1) is 14.1. The quantitative estimate of drug-likeness (QED) is 0.553. The van der Waals surface area contributed by atoms with E-state index in [-0.39, 0.29) is 24.3 Å². The predicted octanol–water partition coefficient (Wildman–Crippen LogP) is 5.15. The highest BCUT2D eigenvalue weighted by Crippen LogP contribution is 2.43. The number of carbonyl (C=O) groups excluding carboxylic acids is 2. The van der Waals surface area contributed by atoms with Gasteiger partial charge in [-0.3, -0.25) is 14.5 Å². The number of ether oxygens (including phenoxy) is 1. The second kappa shape index (κ2) is 8.53. The molecule has 0 aromatic heterocycles. The van der Waals surface area contributed by atoms with E-state index < -0.39 is 0 Å². The molecule has 0 radical (unpaired) electrons. The summed E-state index contributed by atoms with van der Waals surface area (Å²) in [5.41, 5.74) is 2.64. The minimum Gasteiger partial charge on any atom is -0.484 e. The molecular formula is C24H21NO3S. The molecule has 1 heterocycles. The number of nitrogens with zero attached hydrogens (tertiary/aromatic N) is 1. The van der Waals surface area contributed by atoms with Crippen LogP contribution in [-0.4, -0.2) is 24.1 Å². The molecule has 0 spiro atoms. The van der Waals surface area contributed by atoms with Gasteiger partial charge in [-0.25, -0.2) is 0 Å². The second-order valence-electron chi connectivity index (χ2n) is 6.84. The third-order valence-electron chi connectivity index (χ3n) is 4.91. The van der Waals surface area contributed by atoms with E-state index in [4.69, 9.17) is 4.74 Å². The largest absolute Gasteiger partial charge is 0.484 e. The molecule has 1 aliphatic rings. The zero-order chi connectivity index (χ0) is 20.2. The zero-order valence-electron chi connectivity index (χ0n) is 16.1. The summed E-state index contributed by atoms with van der Waals surface area (Å²) in [7, 11) is 0. The van der Waals surface area contributed by atoms with Gasteiger partial charge in [-0.2, -0.15) is 0 Å². The highest BCUT2D eigenvalue weighted by molar-refractivity contribution is 7.99. The van der Waals surface area contributed by atoms with E-state index in [9.17, 15) is 9.59 Å². The van der Waals surface area contributed by atoms with E-state index in [0.717, 1.165) is 21.9 Å². The summed E-state index contributed by atoms with van der Waals surface area (Å²) in [5.74, 6) is 1.27. The van der Waals surface area contributed by atoms with E-state index in [2.05, 4.69) is 12.1 Å². The lowest BCUT2D eigenvalue weighted by Gasteiger charge is -2.37. The van der Waals surface area contributed by atoms with Crippen LogP contribution in [-0.2, 0) is 4.79 Å². The van der Waals surface area contributed by atoms with Crippen molar-refractivity contribution in [1.82, 2.24) is 0 Å². The Morgan fingerprint density at radius 1 is 0.966 bits per heavy atom. The van der Waals surface area contributed by atoms with Gasteiger partial charge in [0.25, 0.3) is 5.91 Å². The lowest BCUT2D eigenvalue weighted by Crippen LogP contribution is -2.41. The Kier molecular flexibility index (Phi) is 5.67. The van der Waals surface area contributed by atoms with Gasteiger partial charge in [0.05, 0.1) is 11.7 Å². The van der Waals surface area contributed by atoms with Gasteiger partial charge in [0.1, 0.15) is 5.75 Å². The molecule has 5 heteroatoms. The number of fused-ring (bicyclic) bond motifs is 1. The summed E-state index contributed by atoms with van der Waals surface area (Å²) in [4.78, 5) is 27.6. The topological polar surface area (TPSA) is 46.6 Å². The first-order valence-corrected chi connectivity index (χ1v) is 10.4. The van der Waals surface area contributed by atoms with Gasteiger partial charge >= 0.3 is 0 Å². The third-order valence-corrected chi connectivity index (χ3v) is 6.05. The van der Waals surface area contributed by atoms with Crippen LogP contribution in [0.3, 0.4) is 0 Å². The maximum Gasteiger partial charge on any atom is 0.265 e. The molecule has 0 fully saturated rings. The standard InChI is InChI=1S/C24H21NO3S/c1-17(26)18-11-13-20(14-12-18)28-15-24(27)25-21-9-5-6-10-23(21)29-16-22(25)19-7-3-2-4-8-19/h2-14,22H,15-16H2,1H3/t22-/m0/s1. The summed E-state index contributed by atoms with van der Waals surface area (Å²) in [6, 6.07) is 24.9. The Hall–Kier alpha value is -3.05. The van der Waals surface area contributed by atoms with E-state index in [1.807, 2.05) is 47.4 Å². The molecule has 0 N–H and O–H groups in total. The molecule has 0 bridgehead atoms. The van der Waals surface area contributed by atoms with Crippen molar-refractivity contribution in [2.75, 3.05) is 17.3 Å². The summed E-state index contributed by atoms with van der Waals surface area (Å²) >= 11 is 1.76. The minimum absolute atomic E-state index is 0.000697. The summed E-state index contributed by atoms with van der Waals surface area (Å²) in [5, 5.41) is 0.